The lowest BCUT2D eigenvalue weighted by atomic mass is 10.1. The Labute approximate surface area is 150 Å². The van der Waals surface area contributed by atoms with Crippen LogP contribution >= 0.6 is 11.3 Å². The van der Waals surface area contributed by atoms with Crippen LogP contribution in [0.15, 0.2) is 48.2 Å². The van der Waals surface area contributed by atoms with Gasteiger partial charge < -0.3 is 10.1 Å². The zero-order chi connectivity index (χ0) is 18.7. The molecule has 26 heavy (non-hydrogen) atoms. The van der Waals surface area contributed by atoms with Gasteiger partial charge in [0.2, 0.25) is 0 Å². The zero-order valence-corrected chi connectivity index (χ0v) is 14.2. The Bertz CT molecular complexity index is 924. The van der Waals surface area contributed by atoms with E-state index < -0.39 is 6.36 Å². The monoisotopic (exact) mass is 379 g/mol. The highest BCUT2D eigenvalue weighted by molar-refractivity contribution is 7.12. The molecule has 3 aromatic rings. The van der Waals surface area contributed by atoms with Crippen molar-refractivity contribution in [2.45, 2.75) is 13.3 Å². The van der Waals surface area contributed by atoms with Crippen molar-refractivity contribution in [1.82, 2.24) is 9.97 Å². The van der Waals surface area contributed by atoms with Crippen molar-refractivity contribution in [2.24, 2.45) is 0 Å². The van der Waals surface area contributed by atoms with Gasteiger partial charge in [0, 0.05) is 11.8 Å². The van der Waals surface area contributed by atoms with Crippen LogP contribution in [0.4, 0.5) is 19.0 Å². The molecule has 3 rings (SSSR count). The van der Waals surface area contributed by atoms with Crippen LogP contribution in [0.1, 0.15) is 15.2 Å². The molecule has 0 aliphatic rings. The van der Waals surface area contributed by atoms with Gasteiger partial charge in [0.15, 0.2) is 0 Å². The number of ether oxygens (including phenoxy) is 1. The van der Waals surface area contributed by atoms with Gasteiger partial charge in [-0.25, -0.2) is 9.97 Å². The van der Waals surface area contributed by atoms with Gasteiger partial charge in [-0.1, -0.05) is 12.1 Å². The molecule has 0 aliphatic heterocycles. The van der Waals surface area contributed by atoms with E-state index in [0.29, 0.717) is 16.0 Å². The summed E-state index contributed by atoms with van der Waals surface area (Å²) in [6.07, 6.45) is -2.00. The highest BCUT2D eigenvalue weighted by Crippen LogP contribution is 2.29. The van der Waals surface area contributed by atoms with Gasteiger partial charge in [0.05, 0.1) is 4.88 Å². The molecule has 2 aromatic heterocycles. The number of hydrogen-bond acceptors (Lipinski definition) is 5. The van der Waals surface area contributed by atoms with Crippen molar-refractivity contribution in [3.8, 4) is 16.9 Å². The molecule has 9 heteroatoms. The van der Waals surface area contributed by atoms with E-state index in [-0.39, 0.29) is 17.5 Å². The first-order valence-corrected chi connectivity index (χ1v) is 8.23. The lowest BCUT2D eigenvalue weighted by Gasteiger charge is -2.11. The first-order chi connectivity index (χ1) is 12.3. The van der Waals surface area contributed by atoms with Crippen molar-refractivity contribution in [2.75, 3.05) is 5.32 Å². The highest BCUT2D eigenvalue weighted by Gasteiger charge is 2.31. The maximum absolute atomic E-state index is 12.4. The highest BCUT2D eigenvalue weighted by atomic mass is 32.1. The Balaban J connectivity index is 1.85. The summed E-state index contributed by atoms with van der Waals surface area (Å²) in [7, 11) is 0. The molecule has 0 radical (unpaired) electrons. The van der Waals surface area contributed by atoms with Crippen LogP contribution in [0.25, 0.3) is 11.1 Å². The molecule has 1 aromatic carbocycles. The van der Waals surface area contributed by atoms with Gasteiger partial charge in [-0.05, 0) is 41.6 Å². The van der Waals surface area contributed by atoms with Crippen molar-refractivity contribution >= 4 is 23.1 Å². The number of amides is 1. The van der Waals surface area contributed by atoms with Gasteiger partial charge in [-0.3, -0.25) is 4.79 Å². The van der Waals surface area contributed by atoms with Crippen LogP contribution in [0, 0.1) is 6.92 Å². The maximum Gasteiger partial charge on any atom is 0.573 e. The summed E-state index contributed by atoms with van der Waals surface area (Å²) >= 11 is 1.31. The third kappa shape index (κ3) is 4.17. The van der Waals surface area contributed by atoms with E-state index >= 15 is 0 Å². The van der Waals surface area contributed by atoms with E-state index in [1.54, 1.807) is 0 Å². The summed E-state index contributed by atoms with van der Waals surface area (Å²) in [5, 5.41) is 4.52. The molecule has 0 aliphatic carbocycles. The number of alkyl halides is 3. The second-order valence-corrected chi connectivity index (χ2v) is 6.16. The number of rotatable bonds is 4. The first kappa shape index (κ1) is 17.9. The third-order valence-electron chi connectivity index (χ3n) is 3.41. The Hall–Kier alpha value is -2.94. The van der Waals surface area contributed by atoms with Crippen molar-refractivity contribution in [1.29, 1.82) is 0 Å². The molecule has 0 saturated carbocycles. The second kappa shape index (κ2) is 7.12. The molecule has 0 fully saturated rings. The van der Waals surface area contributed by atoms with Crippen molar-refractivity contribution in [3.63, 3.8) is 0 Å². The summed E-state index contributed by atoms with van der Waals surface area (Å²) < 4.78 is 40.6. The molecule has 0 unspecified atom stereocenters. The molecular weight excluding hydrogens is 367 g/mol. The summed E-state index contributed by atoms with van der Waals surface area (Å²) in [6.45, 7) is 1.83. The summed E-state index contributed by atoms with van der Waals surface area (Å²) in [5.41, 5.74) is 1.86. The quantitative estimate of drug-likeness (QED) is 0.716. The standard InChI is InChI=1S/C17H12F3N3O2S/c1-10-6-7-26-14(10)16(24)23-15-13(8-21-9-22-15)11-2-4-12(5-3-11)25-17(18,19)20/h2-9H,1H3,(H,21,22,23,24). The molecule has 0 atom stereocenters. The Morgan fingerprint density at radius 1 is 1.19 bits per heavy atom. The van der Waals surface area contributed by atoms with E-state index in [9.17, 15) is 18.0 Å². The van der Waals surface area contributed by atoms with Gasteiger partial charge in [-0.2, -0.15) is 0 Å². The maximum atomic E-state index is 12.4. The van der Waals surface area contributed by atoms with Gasteiger partial charge in [0.1, 0.15) is 17.9 Å². The van der Waals surface area contributed by atoms with Crippen LogP contribution in [-0.2, 0) is 0 Å². The molecule has 1 amide bonds. The smallest absolute Gasteiger partial charge is 0.406 e. The Morgan fingerprint density at radius 2 is 1.92 bits per heavy atom. The summed E-state index contributed by atoms with van der Waals surface area (Å²) in [4.78, 5) is 20.9. The Kier molecular flexibility index (Phi) is 4.90. The number of carbonyl (C=O) groups excluding carboxylic acids is 1. The number of nitrogens with one attached hydrogen (secondary N) is 1. The largest absolute Gasteiger partial charge is 0.573 e. The summed E-state index contributed by atoms with van der Waals surface area (Å²) in [6, 6.07) is 7.08. The minimum atomic E-state index is -4.75. The number of benzene rings is 1. The zero-order valence-electron chi connectivity index (χ0n) is 13.4. The fourth-order valence-electron chi connectivity index (χ4n) is 2.25. The second-order valence-electron chi connectivity index (χ2n) is 5.24. The lowest BCUT2D eigenvalue weighted by molar-refractivity contribution is -0.274. The minimum absolute atomic E-state index is 0.266. The van der Waals surface area contributed by atoms with Gasteiger partial charge in [0.25, 0.3) is 5.91 Å². The van der Waals surface area contributed by atoms with Gasteiger partial charge >= 0.3 is 6.36 Å². The van der Waals surface area contributed by atoms with Gasteiger partial charge in [-0.15, -0.1) is 24.5 Å². The molecular formula is C17H12F3N3O2S. The van der Waals surface area contributed by atoms with Crippen LogP contribution in [0.5, 0.6) is 5.75 Å². The number of halogens is 3. The lowest BCUT2D eigenvalue weighted by Crippen LogP contribution is -2.17. The minimum Gasteiger partial charge on any atom is -0.406 e. The molecule has 2 heterocycles. The topological polar surface area (TPSA) is 64.1 Å². The number of anilines is 1. The average Bonchev–Trinajstić information content (AvgIpc) is 3.01. The predicted octanol–water partition coefficient (Wildman–Crippen LogP) is 4.66. The van der Waals surface area contributed by atoms with E-state index in [1.165, 1.54) is 48.1 Å². The number of aromatic nitrogens is 2. The fraction of sp³-hybridized carbons (Fsp3) is 0.118. The summed E-state index contributed by atoms with van der Waals surface area (Å²) in [5.74, 6) is -0.380. The molecule has 5 nitrogen and oxygen atoms in total. The molecule has 0 saturated heterocycles. The molecule has 1 N–H and O–H groups in total. The van der Waals surface area contributed by atoms with E-state index in [2.05, 4.69) is 20.0 Å². The van der Waals surface area contributed by atoms with Crippen molar-refractivity contribution in [3.05, 3.63) is 58.7 Å². The van der Waals surface area contributed by atoms with Crippen LogP contribution < -0.4 is 10.1 Å². The SMILES string of the molecule is Cc1ccsc1C(=O)Nc1ncncc1-c1ccc(OC(F)(F)F)cc1. The molecule has 0 bridgehead atoms. The number of aryl methyl sites for hydroxylation is 1. The fourth-order valence-corrected chi connectivity index (χ4v) is 3.07. The Morgan fingerprint density at radius 3 is 2.54 bits per heavy atom. The molecule has 134 valence electrons. The van der Waals surface area contributed by atoms with E-state index in [0.717, 1.165) is 5.56 Å². The number of carbonyl (C=O) groups is 1. The number of nitrogens with zero attached hydrogens (tertiary/aromatic N) is 2. The number of thiophene rings is 1. The normalized spacial score (nSPS) is 11.2. The first-order valence-electron chi connectivity index (χ1n) is 7.35. The van der Waals surface area contributed by atoms with Crippen LogP contribution in [-0.4, -0.2) is 22.2 Å². The van der Waals surface area contributed by atoms with E-state index in [4.69, 9.17) is 0 Å². The van der Waals surface area contributed by atoms with Crippen LogP contribution in [0.2, 0.25) is 0 Å². The number of hydrogen-bond donors (Lipinski definition) is 1. The van der Waals surface area contributed by atoms with Crippen LogP contribution in [0.3, 0.4) is 0 Å². The predicted molar refractivity (Wildman–Crippen MR) is 91.2 cm³/mol. The van der Waals surface area contributed by atoms with Crippen molar-refractivity contribution < 1.29 is 22.7 Å². The molecule has 0 spiro atoms. The van der Waals surface area contributed by atoms with E-state index in [1.807, 2.05) is 18.4 Å². The average molecular weight is 379 g/mol. The third-order valence-corrected chi connectivity index (χ3v) is 4.43.